The summed E-state index contributed by atoms with van der Waals surface area (Å²) >= 11 is 0. The van der Waals surface area contributed by atoms with Crippen LogP contribution in [0.25, 0.3) is 0 Å². The fraction of sp³-hybridized carbons (Fsp3) is 0.273. The van der Waals surface area contributed by atoms with Crippen molar-refractivity contribution in [3.8, 4) is 17.2 Å². The normalized spacial score (nSPS) is 12.1. The van der Waals surface area contributed by atoms with Gasteiger partial charge in [0.15, 0.2) is 0 Å². The zero-order valence-corrected chi connectivity index (χ0v) is 22.0. The third-order valence-electron chi connectivity index (χ3n) is 6.59. The highest BCUT2D eigenvalue weighted by molar-refractivity contribution is 5.51. The second kappa shape index (κ2) is 11.3. The van der Waals surface area contributed by atoms with Crippen molar-refractivity contribution in [3.05, 3.63) is 125 Å². The summed E-state index contributed by atoms with van der Waals surface area (Å²) in [5.74, 6) is 2.82. The van der Waals surface area contributed by atoms with Gasteiger partial charge in [0, 0.05) is 11.5 Å². The number of ether oxygens (including phenoxy) is 3. The second-order valence-corrected chi connectivity index (χ2v) is 10.1. The maximum atomic E-state index is 6.68. The van der Waals surface area contributed by atoms with E-state index in [1.807, 2.05) is 24.3 Å². The Morgan fingerprint density at radius 3 is 2.06 bits per heavy atom. The first-order valence-electron chi connectivity index (χ1n) is 12.5. The Balaban J connectivity index is 1.80. The molecule has 0 amide bonds. The molecule has 0 aliphatic carbocycles. The van der Waals surface area contributed by atoms with Crippen LogP contribution in [0, 0.1) is 0 Å². The van der Waals surface area contributed by atoms with Crippen LogP contribution in [0.1, 0.15) is 54.5 Å². The largest absolute Gasteiger partial charge is 0.497 e. The summed E-state index contributed by atoms with van der Waals surface area (Å²) in [6.07, 6.45) is 0.806. The predicted molar refractivity (Wildman–Crippen MR) is 147 cm³/mol. The van der Waals surface area contributed by atoms with Gasteiger partial charge in [-0.1, -0.05) is 99.6 Å². The van der Waals surface area contributed by atoms with E-state index in [-0.39, 0.29) is 11.3 Å². The maximum absolute atomic E-state index is 6.68. The Hall–Kier alpha value is -3.72. The van der Waals surface area contributed by atoms with Gasteiger partial charge in [-0.3, -0.25) is 0 Å². The molecule has 0 heterocycles. The molecule has 1 atom stereocenters. The highest BCUT2D eigenvalue weighted by Gasteiger charge is 2.27. The van der Waals surface area contributed by atoms with E-state index in [4.69, 9.17) is 14.2 Å². The summed E-state index contributed by atoms with van der Waals surface area (Å²) in [6.45, 7) is 7.21. The van der Waals surface area contributed by atoms with E-state index in [2.05, 4.69) is 93.6 Å². The molecule has 36 heavy (non-hydrogen) atoms. The van der Waals surface area contributed by atoms with Crippen molar-refractivity contribution in [1.82, 2.24) is 0 Å². The average Bonchev–Trinajstić information content (AvgIpc) is 2.91. The van der Waals surface area contributed by atoms with Gasteiger partial charge in [-0.15, -0.1) is 0 Å². The summed E-state index contributed by atoms with van der Waals surface area (Å²) in [7, 11) is 3.42. The average molecular weight is 481 g/mol. The third kappa shape index (κ3) is 5.91. The Morgan fingerprint density at radius 1 is 0.694 bits per heavy atom. The maximum Gasteiger partial charge on any atom is 0.127 e. The van der Waals surface area contributed by atoms with Gasteiger partial charge in [0.05, 0.1) is 14.2 Å². The molecular weight excluding hydrogens is 444 g/mol. The van der Waals surface area contributed by atoms with E-state index in [0.717, 1.165) is 29.2 Å². The zero-order valence-electron chi connectivity index (χ0n) is 22.0. The summed E-state index contributed by atoms with van der Waals surface area (Å²) in [5.41, 5.74) is 5.85. The van der Waals surface area contributed by atoms with Crippen LogP contribution in [0.4, 0.5) is 0 Å². The van der Waals surface area contributed by atoms with Gasteiger partial charge in [0.1, 0.15) is 23.9 Å². The topological polar surface area (TPSA) is 27.7 Å². The van der Waals surface area contributed by atoms with Crippen molar-refractivity contribution in [2.45, 2.75) is 45.1 Å². The Labute approximate surface area is 215 Å². The van der Waals surface area contributed by atoms with Gasteiger partial charge >= 0.3 is 0 Å². The number of para-hydroxylation sites is 2. The zero-order chi connectivity index (χ0) is 25.5. The molecule has 0 aliphatic heterocycles. The Bertz CT molecular complexity index is 1250. The number of hydrogen-bond acceptors (Lipinski definition) is 3. The molecule has 0 N–H and O–H groups in total. The third-order valence-corrected chi connectivity index (χ3v) is 6.59. The molecule has 3 heteroatoms. The van der Waals surface area contributed by atoms with E-state index in [0.29, 0.717) is 6.61 Å². The molecule has 4 aromatic carbocycles. The lowest BCUT2D eigenvalue weighted by molar-refractivity contribution is 0.293. The number of hydrogen-bond donors (Lipinski definition) is 0. The second-order valence-electron chi connectivity index (χ2n) is 10.1. The van der Waals surface area contributed by atoms with Crippen LogP contribution < -0.4 is 14.2 Å². The SMILES string of the molecule is COc1ccc(COc2c(C(Cc3ccccc3OC)c3ccccc3)cccc2C(C)(C)C)cc1. The van der Waals surface area contributed by atoms with Crippen LogP contribution in [-0.4, -0.2) is 14.2 Å². The molecule has 0 fully saturated rings. The van der Waals surface area contributed by atoms with Gasteiger partial charge in [-0.05, 0) is 52.3 Å². The van der Waals surface area contributed by atoms with Crippen LogP contribution in [0.15, 0.2) is 97.1 Å². The van der Waals surface area contributed by atoms with E-state index in [1.54, 1.807) is 14.2 Å². The van der Waals surface area contributed by atoms with Gasteiger partial charge in [-0.2, -0.15) is 0 Å². The van der Waals surface area contributed by atoms with Crippen LogP contribution in [0.3, 0.4) is 0 Å². The minimum absolute atomic E-state index is 0.0725. The molecule has 0 aromatic heterocycles. The number of benzene rings is 4. The van der Waals surface area contributed by atoms with Crippen molar-refractivity contribution in [3.63, 3.8) is 0 Å². The van der Waals surface area contributed by atoms with Crippen LogP contribution in [0.2, 0.25) is 0 Å². The lowest BCUT2D eigenvalue weighted by Crippen LogP contribution is -2.17. The molecular formula is C33H36O3. The van der Waals surface area contributed by atoms with E-state index >= 15 is 0 Å². The monoisotopic (exact) mass is 480 g/mol. The lowest BCUT2D eigenvalue weighted by atomic mass is 9.80. The number of methoxy groups -OCH3 is 2. The minimum Gasteiger partial charge on any atom is -0.497 e. The smallest absolute Gasteiger partial charge is 0.127 e. The van der Waals surface area contributed by atoms with Gasteiger partial charge < -0.3 is 14.2 Å². The molecule has 0 spiro atoms. The molecule has 4 rings (SSSR count). The van der Waals surface area contributed by atoms with E-state index < -0.39 is 0 Å². The van der Waals surface area contributed by atoms with Crippen molar-refractivity contribution < 1.29 is 14.2 Å². The first-order chi connectivity index (χ1) is 17.4. The highest BCUT2D eigenvalue weighted by atomic mass is 16.5. The van der Waals surface area contributed by atoms with Crippen molar-refractivity contribution in [1.29, 1.82) is 0 Å². The molecule has 0 radical (unpaired) electrons. The van der Waals surface area contributed by atoms with Gasteiger partial charge in [0.2, 0.25) is 0 Å². The first-order valence-corrected chi connectivity index (χ1v) is 12.5. The Morgan fingerprint density at radius 2 is 1.39 bits per heavy atom. The summed E-state index contributed by atoms with van der Waals surface area (Å²) in [5, 5.41) is 0. The molecule has 0 aliphatic rings. The van der Waals surface area contributed by atoms with Gasteiger partial charge in [-0.25, -0.2) is 0 Å². The minimum atomic E-state index is -0.0725. The lowest BCUT2D eigenvalue weighted by Gasteiger charge is -2.28. The Kier molecular flexibility index (Phi) is 8.00. The number of rotatable bonds is 9. The molecule has 0 bridgehead atoms. The fourth-order valence-electron chi connectivity index (χ4n) is 4.64. The highest BCUT2D eigenvalue weighted by Crippen LogP contribution is 2.42. The van der Waals surface area contributed by atoms with Crippen molar-refractivity contribution >= 4 is 0 Å². The summed E-state index contributed by atoms with van der Waals surface area (Å²) in [6, 6.07) is 33.6. The molecule has 0 saturated heterocycles. The van der Waals surface area contributed by atoms with E-state index in [1.165, 1.54) is 22.3 Å². The fourth-order valence-corrected chi connectivity index (χ4v) is 4.64. The quantitative estimate of drug-likeness (QED) is 0.243. The first kappa shape index (κ1) is 25.4. The molecule has 186 valence electrons. The molecule has 4 aromatic rings. The molecule has 0 saturated carbocycles. The standard InChI is InChI=1S/C33H36O3/c1-33(2,3)30-16-11-15-28(32(30)36-23-24-18-20-27(34-4)21-19-24)29(25-12-7-6-8-13-25)22-26-14-9-10-17-31(26)35-5/h6-21,29H,22-23H2,1-5H3. The summed E-state index contributed by atoms with van der Waals surface area (Å²) < 4.78 is 17.7. The van der Waals surface area contributed by atoms with Crippen LogP contribution in [-0.2, 0) is 18.4 Å². The molecule has 1 unspecified atom stereocenters. The van der Waals surface area contributed by atoms with Crippen LogP contribution in [0.5, 0.6) is 17.2 Å². The van der Waals surface area contributed by atoms with Crippen molar-refractivity contribution in [2.75, 3.05) is 14.2 Å². The van der Waals surface area contributed by atoms with Crippen LogP contribution >= 0.6 is 0 Å². The predicted octanol–water partition coefficient (Wildman–Crippen LogP) is 7.95. The van der Waals surface area contributed by atoms with E-state index in [9.17, 15) is 0 Å². The molecule has 3 nitrogen and oxygen atoms in total. The van der Waals surface area contributed by atoms with Crippen molar-refractivity contribution in [2.24, 2.45) is 0 Å². The van der Waals surface area contributed by atoms with Gasteiger partial charge in [0.25, 0.3) is 0 Å². The summed E-state index contributed by atoms with van der Waals surface area (Å²) in [4.78, 5) is 0.